The van der Waals surface area contributed by atoms with Crippen LogP contribution in [0.1, 0.15) is 57.8 Å². The molecule has 2 nitrogen and oxygen atoms in total. The molecule has 0 aromatic carbocycles. The first-order chi connectivity index (χ1) is 7.86. The zero-order valence-electron chi connectivity index (χ0n) is 10.3. The van der Waals surface area contributed by atoms with E-state index in [2.05, 4.69) is 4.90 Å². The predicted molar refractivity (Wildman–Crippen MR) is 65.3 cm³/mol. The molecule has 2 unspecified atom stereocenters. The van der Waals surface area contributed by atoms with Crippen molar-refractivity contribution in [1.29, 1.82) is 0 Å². The molecule has 92 valence electrons. The number of piperidine rings is 1. The molecule has 1 saturated heterocycles. The Morgan fingerprint density at radius 3 is 2.31 bits per heavy atom. The fraction of sp³-hybridized carbons (Fsp3) is 1.00. The number of aliphatic hydroxyl groups is 1. The lowest BCUT2D eigenvalue weighted by molar-refractivity contribution is -0.0143. The lowest BCUT2D eigenvalue weighted by Gasteiger charge is -2.47. The van der Waals surface area contributed by atoms with Gasteiger partial charge in [-0.1, -0.05) is 12.8 Å². The van der Waals surface area contributed by atoms with Gasteiger partial charge in [0.25, 0.3) is 0 Å². The summed E-state index contributed by atoms with van der Waals surface area (Å²) in [5.41, 5.74) is 0. The Kier molecular flexibility index (Phi) is 3.21. The summed E-state index contributed by atoms with van der Waals surface area (Å²) >= 11 is 0. The summed E-state index contributed by atoms with van der Waals surface area (Å²) in [6.07, 6.45) is 12.0. The molecule has 2 heteroatoms. The third-order valence-corrected chi connectivity index (χ3v) is 5.16. The summed E-state index contributed by atoms with van der Waals surface area (Å²) in [5.74, 6) is 0.954. The van der Waals surface area contributed by atoms with Gasteiger partial charge in [-0.25, -0.2) is 0 Å². The minimum atomic E-state index is -0.0272. The van der Waals surface area contributed by atoms with Crippen molar-refractivity contribution in [3.63, 3.8) is 0 Å². The lowest BCUT2D eigenvalue weighted by atomic mass is 9.77. The molecule has 2 saturated carbocycles. The second-order valence-electron chi connectivity index (χ2n) is 6.06. The molecule has 0 spiro atoms. The molecule has 1 N–H and O–H groups in total. The average Bonchev–Trinajstić information content (AvgIpc) is 2.75. The van der Waals surface area contributed by atoms with Crippen molar-refractivity contribution in [3.05, 3.63) is 0 Å². The van der Waals surface area contributed by atoms with Crippen LogP contribution in [0, 0.1) is 5.92 Å². The zero-order chi connectivity index (χ0) is 11.0. The van der Waals surface area contributed by atoms with E-state index in [9.17, 15) is 5.11 Å². The van der Waals surface area contributed by atoms with Gasteiger partial charge in [-0.2, -0.15) is 0 Å². The van der Waals surface area contributed by atoms with Gasteiger partial charge >= 0.3 is 0 Å². The first kappa shape index (κ1) is 11.0. The van der Waals surface area contributed by atoms with E-state index < -0.39 is 0 Å². The Hall–Kier alpha value is -0.0800. The van der Waals surface area contributed by atoms with Gasteiger partial charge < -0.3 is 5.11 Å². The van der Waals surface area contributed by atoms with Gasteiger partial charge in [0, 0.05) is 12.1 Å². The Balaban J connectivity index is 1.72. The average molecular weight is 223 g/mol. The summed E-state index contributed by atoms with van der Waals surface area (Å²) in [4.78, 5) is 2.70. The molecule has 3 fully saturated rings. The molecule has 3 rings (SSSR count). The molecule has 16 heavy (non-hydrogen) atoms. The van der Waals surface area contributed by atoms with Crippen molar-refractivity contribution in [2.45, 2.75) is 76.0 Å². The van der Waals surface area contributed by atoms with Crippen LogP contribution in [-0.4, -0.2) is 34.7 Å². The van der Waals surface area contributed by atoms with Gasteiger partial charge in [0.15, 0.2) is 0 Å². The Bertz CT molecular complexity index is 241. The first-order valence-corrected chi connectivity index (χ1v) is 7.30. The van der Waals surface area contributed by atoms with E-state index in [1.54, 1.807) is 0 Å². The Labute approximate surface area is 99.0 Å². The van der Waals surface area contributed by atoms with Crippen molar-refractivity contribution < 1.29 is 5.11 Å². The number of hydrogen-bond donors (Lipinski definition) is 1. The summed E-state index contributed by atoms with van der Waals surface area (Å²) in [6.45, 7) is 1.25. The highest BCUT2D eigenvalue weighted by atomic mass is 16.3. The van der Waals surface area contributed by atoms with Crippen LogP contribution in [0.4, 0.5) is 0 Å². The minimum absolute atomic E-state index is 0.0272. The van der Waals surface area contributed by atoms with E-state index in [1.165, 1.54) is 57.9 Å². The van der Waals surface area contributed by atoms with Gasteiger partial charge in [0.05, 0.1) is 6.10 Å². The van der Waals surface area contributed by atoms with Crippen LogP contribution >= 0.6 is 0 Å². The van der Waals surface area contributed by atoms with Crippen molar-refractivity contribution in [2.75, 3.05) is 6.54 Å². The lowest BCUT2D eigenvalue weighted by Crippen LogP contribution is -2.53. The molecular formula is C14H25NO. The molecule has 0 bridgehead atoms. The third kappa shape index (κ3) is 1.91. The fourth-order valence-corrected chi connectivity index (χ4v) is 4.38. The van der Waals surface area contributed by atoms with E-state index in [4.69, 9.17) is 0 Å². The van der Waals surface area contributed by atoms with Gasteiger partial charge in [0.1, 0.15) is 0 Å². The van der Waals surface area contributed by atoms with Crippen LogP contribution < -0.4 is 0 Å². The SMILES string of the molecule is O[C@H]1CCC[C@@H]1N1CCCC2CCCCC21. The molecule has 2 aliphatic carbocycles. The van der Waals surface area contributed by atoms with Gasteiger partial charge in [-0.15, -0.1) is 0 Å². The number of rotatable bonds is 1. The normalized spacial score (nSPS) is 45.6. The van der Waals surface area contributed by atoms with Crippen molar-refractivity contribution in [2.24, 2.45) is 5.92 Å². The summed E-state index contributed by atoms with van der Waals surface area (Å²) in [7, 11) is 0. The molecular weight excluding hydrogens is 198 g/mol. The molecule has 0 aromatic rings. The third-order valence-electron chi connectivity index (χ3n) is 5.16. The van der Waals surface area contributed by atoms with E-state index >= 15 is 0 Å². The molecule has 4 atom stereocenters. The molecule has 1 aliphatic heterocycles. The van der Waals surface area contributed by atoms with Gasteiger partial charge in [0.2, 0.25) is 0 Å². The van der Waals surface area contributed by atoms with Crippen molar-refractivity contribution >= 4 is 0 Å². The molecule has 0 amide bonds. The second kappa shape index (κ2) is 4.66. The number of fused-ring (bicyclic) bond motifs is 1. The maximum Gasteiger partial charge on any atom is 0.0695 e. The number of likely N-dealkylation sites (tertiary alicyclic amines) is 1. The van der Waals surface area contributed by atoms with E-state index in [0.29, 0.717) is 6.04 Å². The van der Waals surface area contributed by atoms with Crippen LogP contribution in [0.15, 0.2) is 0 Å². The van der Waals surface area contributed by atoms with Crippen molar-refractivity contribution in [1.82, 2.24) is 4.90 Å². The smallest absolute Gasteiger partial charge is 0.0695 e. The Morgan fingerprint density at radius 1 is 0.750 bits per heavy atom. The minimum Gasteiger partial charge on any atom is -0.391 e. The second-order valence-corrected chi connectivity index (χ2v) is 6.06. The molecule has 0 aromatic heterocycles. The summed E-state index contributed by atoms with van der Waals surface area (Å²) in [6, 6.07) is 1.33. The zero-order valence-corrected chi connectivity index (χ0v) is 10.3. The number of nitrogens with zero attached hydrogens (tertiary/aromatic N) is 1. The topological polar surface area (TPSA) is 23.5 Å². The van der Waals surface area contributed by atoms with Crippen LogP contribution in [0.25, 0.3) is 0 Å². The van der Waals surface area contributed by atoms with Crippen LogP contribution in [0.2, 0.25) is 0 Å². The monoisotopic (exact) mass is 223 g/mol. The number of aliphatic hydroxyl groups excluding tert-OH is 1. The van der Waals surface area contributed by atoms with Crippen LogP contribution in [0.3, 0.4) is 0 Å². The highest BCUT2D eigenvalue weighted by Gasteiger charge is 2.40. The summed E-state index contributed by atoms with van der Waals surface area (Å²) in [5, 5.41) is 10.1. The van der Waals surface area contributed by atoms with E-state index in [1.807, 2.05) is 0 Å². The standard InChI is InChI=1S/C14H25NO/c16-14-9-3-8-13(14)15-10-4-6-11-5-1-2-7-12(11)15/h11-14,16H,1-10H2/t11?,12?,13-,14-/m0/s1. The van der Waals surface area contributed by atoms with Gasteiger partial charge in [-0.05, 0) is 57.4 Å². The summed E-state index contributed by atoms with van der Waals surface area (Å²) < 4.78 is 0. The maximum absolute atomic E-state index is 10.1. The highest BCUT2D eigenvalue weighted by molar-refractivity contribution is 4.94. The quantitative estimate of drug-likeness (QED) is 0.738. The first-order valence-electron chi connectivity index (χ1n) is 7.30. The van der Waals surface area contributed by atoms with Crippen molar-refractivity contribution in [3.8, 4) is 0 Å². The highest BCUT2D eigenvalue weighted by Crippen LogP contribution is 2.39. The van der Waals surface area contributed by atoms with Crippen LogP contribution in [-0.2, 0) is 0 Å². The number of hydrogen-bond acceptors (Lipinski definition) is 2. The van der Waals surface area contributed by atoms with E-state index in [0.717, 1.165) is 18.4 Å². The largest absolute Gasteiger partial charge is 0.391 e. The molecule has 3 aliphatic rings. The Morgan fingerprint density at radius 2 is 1.50 bits per heavy atom. The van der Waals surface area contributed by atoms with Gasteiger partial charge in [-0.3, -0.25) is 4.90 Å². The van der Waals surface area contributed by atoms with Crippen LogP contribution in [0.5, 0.6) is 0 Å². The van der Waals surface area contributed by atoms with E-state index in [-0.39, 0.29) is 6.10 Å². The molecule has 1 heterocycles. The molecule has 0 radical (unpaired) electrons. The maximum atomic E-state index is 10.1. The fourth-order valence-electron chi connectivity index (χ4n) is 4.38. The predicted octanol–water partition coefficient (Wildman–Crippen LogP) is 2.55.